The van der Waals surface area contributed by atoms with Gasteiger partial charge in [0.15, 0.2) is 17.1 Å². The molecule has 0 N–H and O–H groups in total. The molecule has 0 unspecified atom stereocenters. The number of aryl methyl sites for hydroxylation is 2. The fourth-order valence-corrected chi connectivity index (χ4v) is 3.83. The maximum absolute atomic E-state index is 5.25. The quantitative estimate of drug-likeness (QED) is 0.454. The SMILES string of the molecule is COc1ccc(-c2nc3c4c(C)c(C)n(-c5ccccc5C)c4ncn3n2)cc1. The predicted molar refractivity (Wildman–Crippen MR) is 114 cm³/mol. The average molecular weight is 383 g/mol. The van der Waals surface area contributed by atoms with Crippen molar-refractivity contribution in [3.63, 3.8) is 0 Å². The van der Waals surface area contributed by atoms with E-state index in [2.05, 4.69) is 54.7 Å². The molecule has 0 bridgehead atoms. The Morgan fingerprint density at radius 1 is 0.897 bits per heavy atom. The fraction of sp³-hybridized carbons (Fsp3) is 0.174. The second-order valence-corrected chi connectivity index (χ2v) is 7.21. The third-order valence-electron chi connectivity index (χ3n) is 5.54. The first-order chi connectivity index (χ1) is 14.1. The number of hydrogen-bond donors (Lipinski definition) is 0. The smallest absolute Gasteiger partial charge is 0.182 e. The van der Waals surface area contributed by atoms with Gasteiger partial charge in [-0.3, -0.25) is 4.57 Å². The summed E-state index contributed by atoms with van der Waals surface area (Å²) in [7, 11) is 1.66. The number of ether oxygens (including phenoxy) is 1. The summed E-state index contributed by atoms with van der Waals surface area (Å²) in [4.78, 5) is 9.60. The number of benzene rings is 2. The largest absolute Gasteiger partial charge is 0.497 e. The maximum atomic E-state index is 5.25. The first-order valence-corrected chi connectivity index (χ1v) is 9.52. The number of aromatic nitrogens is 5. The van der Waals surface area contributed by atoms with Gasteiger partial charge in [0.25, 0.3) is 0 Å². The first kappa shape index (κ1) is 17.4. The van der Waals surface area contributed by atoms with Crippen molar-refractivity contribution < 1.29 is 4.74 Å². The fourth-order valence-electron chi connectivity index (χ4n) is 3.83. The second kappa shape index (κ2) is 6.44. The molecule has 3 heterocycles. The molecule has 0 saturated heterocycles. The van der Waals surface area contributed by atoms with E-state index < -0.39 is 0 Å². The van der Waals surface area contributed by atoms with E-state index in [1.807, 2.05) is 24.3 Å². The minimum atomic E-state index is 0.669. The highest BCUT2D eigenvalue weighted by Crippen LogP contribution is 2.31. The van der Waals surface area contributed by atoms with Crippen molar-refractivity contribution in [3.05, 3.63) is 71.7 Å². The lowest BCUT2D eigenvalue weighted by Crippen LogP contribution is -2.01. The minimum absolute atomic E-state index is 0.669. The van der Waals surface area contributed by atoms with Crippen LogP contribution in [0, 0.1) is 20.8 Å². The van der Waals surface area contributed by atoms with Crippen LogP contribution >= 0.6 is 0 Å². The highest BCUT2D eigenvalue weighted by molar-refractivity contribution is 5.95. The van der Waals surface area contributed by atoms with Crippen molar-refractivity contribution in [2.24, 2.45) is 0 Å². The molecule has 3 aromatic heterocycles. The molecule has 0 aliphatic heterocycles. The zero-order chi connectivity index (χ0) is 20.1. The molecular formula is C23H21N5O. The van der Waals surface area contributed by atoms with Crippen molar-refractivity contribution >= 4 is 16.7 Å². The van der Waals surface area contributed by atoms with Crippen molar-refractivity contribution in [2.45, 2.75) is 20.8 Å². The van der Waals surface area contributed by atoms with Gasteiger partial charge in [0.2, 0.25) is 0 Å². The molecule has 0 saturated carbocycles. The molecule has 2 aromatic carbocycles. The van der Waals surface area contributed by atoms with Crippen molar-refractivity contribution in [1.82, 2.24) is 24.1 Å². The molecule has 29 heavy (non-hydrogen) atoms. The summed E-state index contributed by atoms with van der Waals surface area (Å²) in [6, 6.07) is 16.1. The summed E-state index contributed by atoms with van der Waals surface area (Å²) in [6.07, 6.45) is 1.74. The molecule has 0 spiro atoms. The molecule has 6 nitrogen and oxygen atoms in total. The third kappa shape index (κ3) is 2.60. The van der Waals surface area contributed by atoms with Crippen LogP contribution in [0.2, 0.25) is 0 Å². The number of methoxy groups -OCH3 is 1. The Labute approximate surface area is 168 Å². The van der Waals surface area contributed by atoms with E-state index >= 15 is 0 Å². The Kier molecular flexibility index (Phi) is 3.87. The van der Waals surface area contributed by atoms with E-state index in [-0.39, 0.29) is 0 Å². The van der Waals surface area contributed by atoms with Gasteiger partial charge in [-0.1, -0.05) is 18.2 Å². The van der Waals surface area contributed by atoms with Gasteiger partial charge in [0, 0.05) is 11.3 Å². The summed E-state index contributed by atoms with van der Waals surface area (Å²) in [5.74, 6) is 1.48. The number of para-hydroxylation sites is 1. The maximum Gasteiger partial charge on any atom is 0.182 e. The number of rotatable bonds is 3. The monoisotopic (exact) mass is 383 g/mol. The van der Waals surface area contributed by atoms with E-state index in [1.165, 1.54) is 5.56 Å². The average Bonchev–Trinajstić information content (AvgIpc) is 3.28. The highest BCUT2D eigenvalue weighted by atomic mass is 16.5. The summed E-state index contributed by atoms with van der Waals surface area (Å²) in [6.45, 7) is 6.36. The van der Waals surface area contributed by atoms with Crippen LogP contribution < -0.4 is 4.74 Å². The summed E-state index contributed by atoms with van der Waals surface area (Å²) >= 11 is 0. The first-order valence-electron chi connectivity index (χ1n) is 9.52. The second-order valence-electron chi connectivity index (χ2n) is 7.21. The lowest BCUT2D eigenvalue weighted by molar-refractivity contribution is 0.415. The van der Waals surface area contributed by atoms with Crippen LogP contribution in [-0.2, 0) is 0 Å². The topological polar surface area (TPSA) is 57.2 Å². The Balaban J connectivity index is 1.76. The van der Waals surface area contributed by atoms with Crippen LogP contribution in [0.25, 0.3) is 33.8 Å². The number of fused-ring (bicyclic) bond motifs is 3. The summed E-state index contributed by atoms with van der Waals surface area (Å²) in [5, 5.41) is 5.68. The Hall–Kier alpha value is -3.67. The number of hydrogen-bond acceptors (Lipinski definition) is 4. The van der Waals surface area contributed by atoms with E-state index in [9.17, 15) is 0 Å². The van der Waals surface area contributed by atoms with Crippen LogP contribution in [0.5, 0.6) is 5.75 Å². The molecule has 5 aromatic rings. The van der Waals surface area contributed by atoms with Gasteiger partial charge < -0.3 is 4.74 Å². The third-order valence-corrected chi connectivity index (χ3v) is 5.54. The van der Waals surface area contributed by atoms with Crippen molar-refractivity contribution in [3.8, 4) is 22.8 Å². The van der Waals surface area contributed by atoms with Gasteiger partial charge in [-0.15, -0.1) is 5.10 Å². The molecule has 5 rings (SSSR count). The van der Waals surface area contributed by atoms with E-state index in [1.54, 1.807) is 18.0 Å². The van der Waals surface area contributed by atoms with Gasteiger partial charge in [0.1, 0.15) is 12.1 Å². The van der Waals surface area contributed by atoms with E-state index in [4.69, 9.17) is 14.7 Å². The molecule has 6 heteroatoms. The van der Waals surface area contributed by atoms with Crippen LogP contribution in [0.1, 0.15) is 16.8 Å². The van der Waals surface area contributed by atoms with Gasteiger partial charge in [0.05, 0.1) is 18.2 Å². The Morgan fingerprint density at radius 2 is 1.66 bits per heavy atom. The predicted octanol–water partition coefficient (Wildman–Crippen LogP) is 4.67. The van der Waals surface area contributed by atoms with Crippen LogP contribution in [0.15, 0.2) is 54.9 Å². The highest BCUT2D eigenvalue weighted by Gasteiger charge is 2.19. The summed E-state index contributed by atoms with van der Waals surface area (Å²) < 4.78 is 9.22. The molecule has 0 aliphatic rings. The Morgan fingerprint density at radius 3 is 2.38 bits per heavy atom. The van der Waals surface area contributed by atoms with E-state index in [0.717, 1.165) is 44.9 Å². The van der Waals surface area contributed by atoms with Crippen LogP contribution in [-0.4, -0.2) is 31.3 Å². The molecule has 0 aliphatic carbocycles. The molecular weight excluding hydrogens is 362 g/mol. The lowest BCUT2D eigenvalue weighted by Gasteiger charge is -2.10. The van der Waals surface area contributed by atoms with E-state index in [0.29, 0.717) is 5.82 Å². The van der Waals surface area contributed by atoms with Gasteiger partial charge in [-0.05, 0) is 62.2 Å². The Bertz CT molecular complexity index is 1360. The van der Waals surface area contributed by atoms with Crippen LogP contribution in [0.4, 0.5) is 0 Å². The molecule has 144 valence electrons. The lowest BCUT2D eigenvalue weighted by atomic mass is 10.2. The molecule has 0 atom stereocenters. The normalized spacial score (nSPS) is 11.4. The zero-order valence-electron chi connectivity index (χ0n) is 16.8. The van der Waals surface area contributed by atoms with Crippen molar-refractivity contribution in [2.75, 3.05) is 7.11 Å². The zero-order valence-corrected chi connectivity index (χ0v) is 16.8. The van der Waals surface area contributed by atoms with Crippen LogP contribution in [0.3, 0.4) is 0 Å². The van der Waals surface area contributed by atoms with Gasteiger partial charge >= 0.3 is 0 Å². The number of nitrogens with zero attached hydrogens (tertiary/aromatic N) is 5. The van der Waals surface area contributed by atoms with Gasteiger partial charge in [-0.2, -0.15) is 0 Å². The standard InChI is InChI=1S/C23H21N5O/c1-14-7-5-6-8-19(14)28-16(3)15(2)20-22(28)24-13-27-23(20)25-21(26-27)17-9-11-18(29-4)12-10-17/h5-13H,1-4H3. The molecule has 0 fully saturated rings. The summed E-state index contributed by atoms with van der Waals surface area (Å²) in [5.41, 5.74) is 7.31. The molecule has 0 radical (unpaired) electrons. The molecule has 0 amide bonds. The minimum Gasteiger partial charge on any atom is -0.497 e. The van der Waals surface area contributed by atoms with Gasteiger partial charge in [-0.25, -0.2) is 14.5 Å². The van der Waals surface area contributed by atoms with Crippen molar-refractivity contribution in [1.29, 1.82) is 0 Å².